The third-order valence-corrected chi connectivity index (χ3v) is 8.75. The zero-order valence-corrected chi connectivity index (χ0v) is 22.5. The van der Waals surface area contributed by atoms with Crippen LogP contribution in [0.4, 0.5) is 5.82 Å². The molecule has 0 amide bonds. The summed E-state index contributed by atoms with van der Waals surface area (Å²) in [7, 11) is -4.09. The summed E-state index contributed by atoms with van der Waals surface area (Å²) in [6.45, 7) is 2.45. The first-order valence-corrected chi connectivity index (χ1v) is 14.7. The molecule has 0 radical (unpaired) electrons. The number of ether oxygens (including phenoxy) is 1. The van der Waals surface area contributed by atoms with Gasteiger partial charge in [0.1, 0.15) is 17.7 Å². The van der Waals surface area contributed by atoms with Crippen molar-refractivity contribution in [1.29, 1.82) is 0 Å². The van der Waals surface area contributed by atoms with Crippen LogP contribution in [-0.4, -0.2) is 54.6 Å². The third-order valence-electron chi connectivity index (χ3n) is 7.24. The van der Waals surface area contributed by atoms with Gasteiger partial charge >= 0.3 is 10.3 Å². The van der Waals surface area contributed by atoms with Crippen LogP contribution in [0.2, 0.25) is 0 Å². The summed E-state index contributed by atoms with van der Waals surface area (Å²) in [6.07, 6.45) is 4.60. The maximum atomic E-state index is 13.7. The summed E-state index contributed by atoms with van der Waals surface area (Å²) >= 11 is 1.42. The maximum Gasteiger partial charge on any atom is 0.333 e. The van der Waals surface area contributed by atoms with Gasteiger partial charge in [0.05, 0.1) is 23.2 Å². The van der Waals surface area contributed by atoms with Crippen LogP contribution in [0.15, 0.2) is 48.9 Å². The van der Waals surface area contributed by atoms with Gasteiger partial charge in [-0.2, -0.15) is 8.42 Å². The Morgan fingerprint density at radius 2 is 2.11 bits per heavy atom. The highest BCUT2D eigenvalue weighted by atomic mass is 32.2. The second-order valence-corrected chi connectivity index (χ2v) is 12.2. The Labute approximate surface area is 225 Å². The van der Waals surface area contributed by atoms with Crippen molar-refractivity contribution in [2.45, 2.75) is 50.4 Å². The number of aryl methyl sites for hydroxylation is 1. The van der Waals surface area contributed by atoms with E-state index in [-0.39, 0.29) is 18.4 Å². The van der Waals surface area contributed by atoms with Gasteiger partial charge in [-0.1, -0.05) is 30.3 Å². The number of nitrogens with zero attached hydrogens (tertiary/aromatic N) is 2. The van der Waals surface area contributed by atoms with Gasteiger partial charge in [-0.25, -0.2) is 15.1 Å². The van der Waals surface area contributed by atoms with Gasteiger partial charge in [-0.05, 0) is 44.2 Å². The molecule has 0 bridgehead atoms. The molecule has 1 aliphatic heterocycles. The first-order chi connectivity index (χ1) is 18.2. The Hall–Kier alpha value is -2.74. The number of benzene rings is 1. The lowest BCUT2D eigenvalue weighted by Gasteiger charge is -2.29. The molecule has 4 N–H and O–H groups in total. The number of aliphatic hydroxyl groups is 1. The lowest BCUT2D eigenvalue weighted by molar-refractivity contribution is 0.0358. The quantitative estimate of drug-likeness (QED) is 0.336. The zero-order chi connectivity index (χ0) is 26.9. The fraction of sp³-hybridized carbons (Fsp3) is 0.423. The van der Waals surface area contributed by atoms with Crippen LogP contribution in [0.5, 0.6) is 0 Å². The SMILES string of the molecule is Cc1sc(C(=O)c2cncnc2N[C@@H]2C[C@H](COS(N)(=O)=O)[C@@H](O)C2)cc1C1(c2ccccc2)CCCO1. The van der Waals surface area contributed by atoms with Gasteiger partial charge in [0.2, 0.25) is 5.78 Å². The van der Waals surface area contributed by atoms with Gasteiger partial charge < -0.3 is 15.2 Å². The minimum absolute atomic E-state index is 0.207. The molecule has 1 saturated heterocycles. The fourth-order valence-electron chi connectivity index (χ4n) is 5.46. The average molecular weight is 559 g/mol. The molecule has 2 aliphatic rings. The standard InChI is InChI=1S/C26H30N4O6S2/c1-16-21(26(8-5-9-35-26)18-6-3-2-4-7-18)12-23(37-16)24(32)20-13-28-15-29-25(20)30-19-10-17(22(31)11-19)14-36-38(27,33)34/h2-4,6-7,12-13,15,17,19,22,31H,5,8-11,14H2,1H3,(H2,27,33,34)(H,28,29,30)/t17-,19-,22+,26?/m1/s1. The normalized spacial score (nSPS) is 25.5. The number of nitrogens with two attached hydrogens (primary N) is 1. The van der Waals surface area contributed by atoms with Gasteiger partial charge in [-0.3, -0.25) is 8.98 Å². The molecule has 3 heterocycles. The molecule has 0 spiro atoms. The topological polar surface area (TPSA) is 154 Å². The molecule has 12 heteroatoms. The van der Waals surface area contributed by atoms with Crippen LogP contribution in [0.25, 0.3) is 0 Å². The molecule has 1 unspecified atom stereocenters. The molecular weight excluding hydrogens is 528 g/mol. The summed E-state index contributed by atoms with van der Waals surface area (Å²) in [5, 5.41) is 18.5. The molecule has 1 saturated carbocycles. The smallest absolute Gasteiger partial charge is 0.333 e. The highest BCUT2D eigenvalue weighted by Crippen LogP contribution is 2.46. The van der Waals surface area contributed by atoms with E-state index in [1.165, 1.54) is 23.9 Å². The molecular formula is C26H30N4O6S2. The van der Waals surface area contributed by atoms with Crippen molar-refractivity contribution in [2.24, 2.45) is 11.1 Å². The summed E-state index contributed by atoms with van der Waals surface area (Å²) in [5.74, 6) is -0.270. The van der Waals surface area contributed by atoms with Crippen LogP contribution in [0.3, 0.4) is 0 Å². The number of carbonyl (C=O) groups excluding carboxylic acids is 1. The predicted octanol–water partition coefficient (Wildman–Crippen LogP) is 2.90. The molecule has 3 aromatic rings. The van der Waals surface area contributed by atoms with Crippen LogP contribution >= 0.6 is 11.3 Å². The van der Waals surface area contributed by atoms with Crippen molar-refractivity contribution < 1.29 is 27.2 Å². The van der Waals surface area contributed by atoms with Crippen molar-refractivity contribution in [3.8, 4) is 0 Å². The van der Waals surface area contributed by atoms with Crippen LogP contribution in [0.1, 0.15) is 56.9 Å². The van der Waals surface area contributed by atoms with E-state index in [1.807, 2.05) is 31.2 Å². The van der Waals surface area contributed by atoms with E-state index in [1.54, 1.807) is 0 Å². The maximum absolute atomic E-state index is 13.7. The van der Waals surface area contributed by atoms with E-state index in [9.17, 15) is 18.3 Å². The van der Waals surface area contributed by atoms with E-state index in [4.69, 9.17) is 9.88 Å². The Kier molecular flexibility index (Phi) is 7.63. The minimum Gasteiger partial charge on any atom is -0.393 e. The summed E-state index contributed by atoms with van der Waals surface area (Å²) in [6, 6.07) is 11.8. The molecule has 202 valence electrons. The molecule has 2 fully saturated rings. The van der Waals surface area contributed by atoms with E-state index >= 15 is 0 Å². The zero-order valence-electron chi connectivity index (χ0n) is 20.9. The Bertz CT molecular complexity index is 1410. The van der Waals surface area contributed by atoms with Gasteiger partial charge in [0.15, 0.2) is 0 Å². The highest BCUT2D eigenvalue weighted by molar-refractivity contribution is 7.84. The fourth-order valence-corrected chi connectivity index (χ4v) is 6.86. The second-order valence-electron chi connectivity index (χ2n) is 9.76. The molecule has 10 nitrogen and oxygen atoms in total. The Morgan fingerprint density at radius 3 is 2.82 bits per heavy atom. The number of rotatable bonds is 9. The second kappa shape index (κ2) is 10.8. The lowest BCUT2D eigenvalue weighted by Crippen LogP contribution is -2.26. The summed E-state index contributed by atoms with van der Waals surface area (Å²) < 4.78 is 33.3. The molecule has 1 aliphatic carbocycles. The van der Waals surface area contributed by atoms with Crippen molar-refractivity contribution in [2.75, 3.05) is 18.5 Å². The monoisotopic (exact) mass is 558 g/mol. The van der Waals surface area contributed by atoms with E-state index in [0.717, 1.165) is 28.8 Å². The minimum atomic E-state index is -4.09. The molecule has 38 heavy (non-hydrogen) atoms. The molecule has 4 atom stereocenters. The number of hydrogen-bond donors (Lipinski definition) is 3. The first kappa shape index (κ1) is 26.9. The van der Waals surface area contributed by atoms with Crippen molar-refractivity contribution >= 4 is 33.2 Å². The Morgan fingerprint density at radius 1 is 1.32 bits per heavy atom. The number of aromatic nitrogens is 2. The number of carbonyl (C=O) groups is 1. The largest absolute Gasteiger partial charge is 0.393 e. The molecule has 5 rings (SSSR count). The summed E-state index contributed by atoms with van der Waals surface area (Å²) in [5.41, 5.74) is 1.81. The van der Waals surface area contributed by atoms with Crippen LogP contribution in [0, 0.1) is 12.8 Å². The molecule has 1 aromatic carbocycles. The van der Waals surface area contributed by atoms with Crippen molar-refractivity contribution in [3.63, 3.8) is 0 Å². The lowest BCUT2D eigenvalue weighted by atomic mass is 9.84. The molecule has 2 aromatic heterocycles. The van der Waals surface area contributed by atoms with Gasteiger partial charge in [-0.15, -0.1) is 11.3 Å². The first-order valence-electron chi connectivity index (χ1n) is 12.4. The predicted molar refractivity (Wildman–Crippen MR) is 142 cm³/mol. The van der Waals surface area contributed by atoms with E-state index < -0.39 is 27.9 Å². The number of thiophene rings is 1. The van der Waals surface area contributed by atoms with Crippen LogP contribution < -0.4 is 10.5 Å². The number of nitrogens with one attached hydrogen (secondary N) is 1. The van der Waals surface area contributed by atoms with Crippen molar-refractivity contribution in [1.82, 2.24) is 9.97 Å². The number of anilines is 1. The number of hydrogen-bond acceptors (Lipinski definition) is 10. The number of aliphatic hydroxyl groups excluding tert-OH is 1. The van der Waals surface area contributed by atoms with E-state index in [0.29, 0.717) is 35.7 Å². The average Bonchev–Trinajstić information content (AvgIpc) is 3.62. The number of ketones is 1. The third kappa shape index (κ3) is 5.51. The van der Waals surface area contributed by atoms with Crippen LogP contribution in [-0.2, 0) is 24.8 Å². The summed E-state index contributed by atoms with van der Waals surface area (Å²) in [4.78, 5) is 23.7. The van der Waals surface area contributed by atoms with Gasteiger partial charge in [0.25, 0.3) is 0 Å². The van der Waals surface area contributed by atoms with Gasteiger partial charge in [0, 0.05) is 35.2 Å². The van der Waals surface area contributed by atoms with E-state index in [2.05, 4.69) is 31.6 Å². The highest BCUT2D eigenvalue weighted by Gasteiger charge is 2.41. The van der Waals surface area contributed by atoms with Crippen molar-refractivity contribution in [3.05, 3.63) is 75.4 Å². The Balaban J connectivity index is 1.37.